The van der Waals surface area contributed by atoms with Gasteiger partial charge in [0.15, 0.2) is 0 Å². The van der Waals surface area contributed by atoms with Crippen molar-refractivity contribution in [2.75, 3.05) is 13.6 Å². The van der Waals surface area contributed by atoms with Crippen LogP contribution in [0.4, 0.5) is 0 Å². The number of fused-ring (bicyclic) bond motifs is 1. The van der Waals surface area contributed by atoms with E-state index in [1.165, 1.54) is 0 Å². The Hall–Kier alpha value is -2.15. The number of hydrogen-bond acceptors (Lipinski definition) is 4. The zero-order chi connectivity index (χ0) is 15.5. The van der Waals surface area contributed by atoms with Crippen LogP contribution in [0.25, 0.3) is 0 Å². The number of rotatable bonds is 4. The van der Waals surface area contributed by atoms with Crippen LogP contribution in [-0.2, 0) is 22.6 Å². The van der Waals surface area contributed by atoms with Gasteiger partial charge in [0.1, 0.15) is 0 Å². The van der Waals surface area contributed by atoms with Gasteiger partial charge in [0.05, 0.1) is 31.1 Å². The Bertz CT molecular complexity index is 665. The first-order valence-electron chi connectivity index (χ1n) is 7.19. The molecule has 7 heteroatoms. The first-order valence-corrected chi connectivity index (χ1v) is 8.13. The van der Waals surface area contributed by atoms with Crippen molar-refractivity contribution in [3.8, 4) is 0 Å². The van der Waals surface area contributed by atoms with Crippen LogP contribution in [0.15, 0.2) is 29.1 Å². The fourth-order valence-corrected chi connectivity index (χ4v) is 3.39. The molecule has 22 heavy (non-hydrogen) atoms. The summed E-state index contributed by atoms with van der Waals surface area (Å²) < 4.78 is 1.86. The van der Waals surface area contributed by atoms with Gasteiger partial charge >= 0.3 is 0 Å². The van der Waals surface area contributed by atoms with Gasteiger partial charge in [-0.3, -0.25) is 14.3 Å². The highest BCUT2D eigenvalue weighted by atomic mass is 32.1. The molecule has 0 spiro atoms. The standard InChI is InChI=1S/C15H18N4O2S/c1-16-14(20)7-13-9-18(8-12-2-4-17-19(12)13)15(21)6-11-3-5-22-10-11/h2-5,10,13H,6-9H2,1H3,(H,16,20). The van der Waals surface area contributed by atoms with Gasteiger partial charge in [-0.2, -0.15) is 16.4 Å². The lowest BCUT2D eigenvalue weighted by Crippen LogP contribution is -2.43. The van der Waals surface area contributed by atoms with Crippen LogP contribution in [0.1, 0.15) is 23.7 Å². The maximum Gasteiger partial charge on any atom is 0.227 e. The van der Waals surface area contributed by atoms with E-state index in [-0.39, 0.29) is 17.9 Å². The van der Waals surface area contributed by atoms with Gasteiger partial charge in [-0.05, 0) is 28.5 Å². The van der Waals surface area contributed by atoms with E-state index >= 15 is 0 Å². The summed E-state index contributed by atoms with van der Waals surface area (Å²) in [6.07, 6.45) is 2.46. The SMILES string of the molecule is CNC(=O)CC1CN(C(=O)Cc2ccsc2)Cc2ccnn21. The molecule has 3 heterocycles. The van der Waals surface area contributed by atoms with Gasteiger partial charge in [-0.25, -0.2) is 0 Å². The van der Waals surface area contributed by atoms with Crippen molar-refractivity contribution < 1.29 is 9.59 Å². The number of aromatic nitrogens is 2. The molecule has 2 amide bonds. The second-order valence-electron chi connectivity index (χ2n) is 5.38. The predicted molar refractivity (Wildman–Crippen MR) is 83.4 cm³/mol. The first-order chi connectivity index (χ1) is 10.7. The zero-order valence-corrected chi connectivity index (χ0v) is 13.2. The van der Waals surface area contributed by atoms with Gasteiger partial charge in [0, 0.05) is 19.8 Å². The Morgan fingerprint density at radius 2 is 2.32 bits per heavy atom. The maximum atomic E-state index is 12.5. The third kappa shape index (κ3) is 3.04. The van der Waals surface area contributed by atoms with Crippen molar-refractivity contribution >= 4 is 23.2 Å². The van der Waals surface area contributed by atoms with Crippen LogP contribution in [0.2, 0.25) is 0 Å². The summed E-state index contributed by atoms with van der Waals surface area (Å²) >= 11 is 1.59. The summed E-state index contributed by atoms with van der Waals surface area (Å²) in [6, 6.07) is 3.77. The van der Waals surface area contributed by atoms with Crippen LogP contribution in [0.5, 0.6) is 0 Å². The molecule has 0 saturated heterocycles. The molecule has 0 fully saturated rings. The van der Waals surface area contributed by atoms with Crippen LogP contribution in [0.3, 0.4) is 0 Å². The molecule has 3 rings (SSSR count). The van der Waals surface area contributed by atoms with Gasteiger partial charge < -0.3 is 10.2 Å². The number of nitrogens with zero attached hydrogens (tertiary/aromatic N) is 3. The number of nitrogens with one attached hydrogen (secondary N) is 1. The number of carbonyl (C=O) groups excluding carboxylic acids is 2. The molecule has 6 nitrogen and oxygen atoms in total. The summed E-state index contributed by atoms with van der Waals surface area (Å²) in [5, 5.41) is 10.9. The van der Waals surface area contributed by atoms with E-state index in [0.29, 0.717) is 25.9 Å². The molecule has 2 aromatic heterocycles. The molecule has 2 aromatic rings. The molecule has 0 bridgehead atoms. The van der Waals surface area contributed by atoms with Crippen molar-refractivity contribution in [1.29, 1.82) is 0 Å². The lowest BCUT2D eigenvalue weighted by Gasteiger charge is -2.33. The molecular formula is C15H18N4O2S. The smallest absolute Gasteiger partial charge is 0.227 e. The monoisotopic (exact) mass is 318 g/mol. The lowest BCUT2D eigenvalue weighted by atomic mass is 10.1. The molecule has 0 aliphatic carbocycles. The van der Waals surface area contributed by atoms with Crippen LogP contribution < -0.4 is 5.32 Å². The highest BCUT2D eigenvalue weighted by molar-refractivity contribution is 7.07. The molecule has 0 radical (unpaired) electrons. The number of amides is 2. The average molecular weight is 318 g/mol. The zero-order valence-electron chi connectivity index (χ0n) is 12.4. The quantitative estimate of drug-likeness (QED) is 0.921. The highest BCUT2D eigenvalue weighted by Crippen LogP contribution is 2.23. The van der Waals surface area contributed by atoms with E-state index in [2.05, 4.69) is 10.4 Å². The Kier molecular flexibility index (Phi) is 4.24. The van der Waals surface area contributed by atoms with Gasteiger partial charge in [0.2, 0.25) is 11.8 Å². The molecule has 1 aliphatic heterocycles. The van der Waals surface area contributed by atoms with Crippen molar-refractivity contribution in [3.63, 3.8) is 0 Å². The number of hydrogen-bond donors (Lipinski definition) is 1. The maximum absolute atomic E-state index is 12.5. The fraction of sp³-hybridized carbons (Fsp3) is 0.400. The molecule has 1 aliphatic rings. The summed E-state index contributed by atoms with van der Waals surface area (Å²) in [5.41, 5.74) is 2.01. The number of thiophene rings is 1. The third-order valence-corrected chi connectivity index (χ3v) is 4.60. The molecule has 1 atom stereocenters. The van der Waals surface area contributed by atoms with Gasteiger partial charge in [-0.1, -0.05) is 0 Å². The molecule has 0 saturated carbocycles. The normalized spacial score (nSPS) is 17.1. The number of carbonyl (C=O) groups is 2. The molecule has 116 valence electrons. The minimum Gasteiger partial charge on any atom is -0.359 e. The Balaban J connectivity index is 1.74. The van der Waals surface area contributed by atoms with E-state index in [1.807, 2.05) is 32.5 Å². The lowest BCUT2D eigenvalue weighted by molar-refractivity contribution is -0.133. The summed E-state index contributed by atoms with van der Waals surface area (Å²) in [7, 11) is 1.62. The van der Waals surface area contributed by atoms with Gasteiger partial charge in [0.25, 0.3) is 0 Å². The molecule has 1 unspecified atom stereocenters. The summed E-state index contributed by atoms with van der Waals surface area (Å²) in [5.74, 6) is 0.0475. The first kappa shape index (κ1) is 14.8. The fourth-order valence-electron chi connectivity index (χ4n) is 2.72. The Morgan fingerprint density at radius 1 is 1.45 bits per heavy atom. The van der Waals surface area contributed by atoms with E-state index < -0.39 is 0 Å². The van der Waals surface area contributed by atoms with Crippen molar-refractivity contribution in [2.24, 2.45) is 0 Å². The second kappa shape index (κ2) is 6.31. The summed E-state index contributed by atoms with van der Waals surface area (Å²) in [4.78, 5) is 26.0. The second-order valence-corrected chi connectivity index (χ2v) is 6.16. The average Bonchev–Trinajstić information content (AvgIpc) is 3.17. The van der Waals surface area contributed by atoms with E-state index in [4.69, 9.17) is 0 Å². The topological polar surface area (TPSA) is 67.2 Å². The molecular weight excluding hydrogens is 300 g/mol. The minimum absolute atomic E-state index is 0.0430. The third-order valence-electron chi connectivity index (χ3n) is 3.87. The molecule has 0 aromatic carbocycles. The van der Waals surface area contributed by atoms with E-state index in [1.54, 1.807) is 24.6 Å². The van der Waals surface area contributed by atoms with Crippen LogP contribution in [-0.4, -0.2) is 40.1 Å². The van der Waals surface area contributed by atoms with E-state index in [0.717, 1.165) is 11.3 Å². The largest absolute Gasteiger partial charge is 0.359 e. The minimum atomic E-state index is -0.106. The van der Waals surface area contributed by atoms with Crippen molar-refractivity contribution in [2.45, 2.75) is 25.4 Å². The van der Waals surface area contributed by atoms with Crippen molar-refractivity contribution in [1.82, 2.24) is 20.0 Å². The van der Waals surface area contributed by atoms with Gasteiger partial charge in [-0.15, -0.1) is 0 Å². The van der Waals surface area contributed by atoms with E-state index in [9.17, 15) is 9.59 Å². The van der Waals surface area contributed by atoms with Crippen LogP contribution >= 0.6 is 11.3 Å². The Labute approximate surface area is 132 Å². The predicted octanol–water partition coefficient (Wildman–Crippen LogP) is 1.21. The Morgan fingerprint density at radius 3 is 3.05 bits per heavy atom. The molecule has 1 N–H and O–H groups in total. The van der Waals surface area contributed by atoms with Crippen LogP contribution in [0, 0.1) is 0 Å². The van der Waals surface area contributed by atoms with Crippen molar-refractivity contribution in [3.05, 3.63) is 40.3 Å². The summed E-state index contributed by atoms with van der Waals surface area (Å²) in [6.45, 7) is 1.07. The highest BCUT2D eigenvalue weighted by Gasteiger charge is 2.29.